The highest BCUT2D eigenvalue weighted by Crippen LogP contribution is 2.29. The van der Waals surface area contributed by atoms with E-state index in [-0.39, 0.29) is 11.8 Å². The molecule has 0 amide bonds. The van der Waals surface area contributed by atoms with Crippen LogP contribution in [0.2, 0.25) is 0 Å². The second-order valence-corrected chi connectivity index (χ2v) is 6.68. The summed E-state index contributed by atoms with van der Waals surface area (Å²) in [6.07, 6.45) is 8.18. The molecule has 1 heterocycles. The number of ether oxygens (including phenoxy) is 2. The van der Waals surface area contributed by atoms with Gasteiger partial charge < -0.3 is 14.4 Å². The minimum atomic E-state index is 0.0715. The first-order chi connectivity index (χ1) is 11.6. The molecule has 0 bridgehead atoms. The summed E-state index contributed by atoms with van der Waals surface area (Å²) in [5.74, 6) is 2.24. The van der Waals surface area contributed by atoms with E-state index < -0.39 is 0 Å². The van der Waals surface area contributed by atoms with E-state index in [0.717, 1.165) is 11.4 Å². The van der Waals surface area contributed by atoms with Crippen LogP contribution in [-0.2, 0) is 0 Å². The predicted octanol–water partition coefficient (Wildman–Crippen LogP) is 3.78. The van der Waals surface area contributed by atoms with E-state index >= 15 is 0 Å². The van der Waals surface area contributed by atoms with Gasteiger partial charge in [-0.05, 0) is 44.4 Å². The predicted molar refractivity (Wildman–Crippen MR) is 100 cm³/mol. The van der Waals surface area contributed by atoms with Gasteiger partial charge in [-0.2, -0.15) is 11.8 Å². The number of benzene rings is 1. The van der Waals surface area contributed by atoms with Gasteiger partial charge in [0, 0.05) is 23.1 Å². The molecule has 5 heteroatoms. The van der Waals surface area contributed by atoms with Crippen molar-refractivity contribution in [1.82, 2.24) is 4.90 Å². The monoisotopic (exact) mass is 347 g/mol. The number of carbonyl (C=O) groups is 1. The van der Waals surface area contributed by atoms with Gasteiger partial charge in [0.2, 0.25) is 0 Å². The second kappa shape index (κ2) is 8.83. The number of nitrogens with zero attached hydrogens (tertiary/aromatic N) is 1. The lowest BCUT2D eigenvalue weighted by Gasteiger charge is -2.31. The number of rotatable bonds is 8. The smallest absolute Gasteiger partial charge is 0.182 e. The number of hydrogen-bond donors (Lipinski definition) is 0. The third-order valence-corrected chi connectivity index (χ3v) is 4.59. The number of thioether (sulfide) groups is 1. The van der Waals surface area contributed by atoms with Crippen LogP contribution in [-0.4, -0.2) is 49.0 Å². The zero-order valence-corrected chi connectivity index (χ0v) is 15.6. The van der Waals surface area contributed by atoms with E-state index in [1.54, 1.807) is 37.1 Å². The zero-order valence-electron chi connectivity index (χ0n) is 14.7. The molecule has 0 aliphatic carbocycles. The molecule has 0 radical (unpaired) electrons. The molecule has 0 saturated heterocycles. The topological polar surface area (TPSA) is 38.8 Å². The number of allylic oxidation sites excluding steroid dienone is 3. The van der Waals surface area contributed by atoms with Crippen molar-refractivity contribution in [1.29, 1.82) is 0 Å². The van der Waals surface area contributed by atoms with Crippen LogP contribution in [0.15, 0.2) is 42.1 Å². The maximum absolute atomic E-state index is 12.7. The van der Waals surface area contributed by atoms with Gasteiger partial charge in [0.1, 0.15) is 0 Å². The van der Waals surface area contributed by atoms with Gasteiger partial charge in [0.25, 0.3) is 0 Å². The van der Waals surface area contributed by atoms with Crippen LogP contribution in [0, 0.1) is 0 Å². The lowest BCUT2D eigenvalue weighted by atomic mass is 10.1. The van der Waals surface area contributed by atoms with Gasteiger partial charge in [-0.1, -0.05) is 12.2 Å². The maximum Gasteiger partial charge on any atom is 0.182 e. The number of Topliss-reactive ketones (excluding diaryl/α,β-unsaturated/α-hetero) is 1. The van der Waals surface area contributed by atoms with Gasteiger partial charge in [-0.25, -0.2) is 0 Å². The van der Waals surface area contributed by atoms with Gasteiger partial charge in [0.05, 0.1) is 20.3 Å². The Morgan fingerprint density at radius 1 is 1.33 bits per heavy atom. The Morgan fingerprint density at radius 3 is 2.79 bits per heavy atom. The molecule has 1 atom stereocenters. The molecule has 0 aromatic heterocycles. The molecule has 24 heavy (non-hydrogen) atoms. The summed E-state index contributed by atoms with van der Waals surface area (Å²) in [6.45, 7) is 5.05. The fourth-order valence-electron chi connectivity index (χ4n) is 2.59. The van der Waals surface area contributed by atoms with Crippen molar-refractivity contribution in [3.05, 3.63) is 47.7 Å². The number of ketones is 1. The van der Waals surface area contributed by atoms with Crippen LogP contribution in [0.5, 0.6) is 11.5 Å². The Labute approximate surface area is 148 Å². The summed E-state index contributed by atoms with van der Waals surface area (Å²) in [5.41, 5.74) is 1.74. The van der Waals surface area contributed by atoms with Gasteiger partial charge in [0.15, 0.2) is 17.3 Å². The summed E-state index contributed by atoms with van der Waals surface area (Å²) in [6, 6.07) is 5.59. The number of hydrogen-bond acceptors (Lipinski definition) is 5. The molecule has 0 saturated carbocycles. The standard InChI is InChI=1S/C19H25NO3S/c1-14-6-5-7-15(2)20(14)13-17(21)16-8-9-18(22-3)19(12-16)23-10-11-24-4/h5-9,12,14H,10-11,13H2,1-4H3. The van der Waals surface area contributed by atoms with Crippen LogP contribution in [0.25, 0.3) is 0 Å². The van der Waals surface area contributed by atoms with Crippen molar-refractivity contribution in [2.24, 2.45) is 0 Å². The molecule has 2 rings (SSSR count). The summed E-state index contributed by atoms with van der Waals surface area (Å²) in [7, 11) is 1.61. The molecule has 1 aromatic carbocycles. The van der Waals surface area contributed by atoms with Crippen LogP contribution < -0.4 is 9.47 Å². The first-order valence-electron chi connectivity index (χ1n) is 8.01. The van der Waals surface area contributed by atoms with E-state index in [2.05, 4.69) is 17.9 Å². The highest BCUT2D eigenvalue weighted by Gasteiger charge is 2.19. The SMILES string of the molecule is COc1ccc(C(=O)CN2C(C)=CC=CC2C)cc1OCCSC. The Balaban J connectivity index is 2.12. The fourth-order valence-corrected chi connectivity index (χ4v) is 2.84. The molecule has 1 aliphatic rings. The van der Waals surface area contributed by atoms with Crippen LogP contribution in [0.1, 0.15) is 24.2 Å². The lowest BCUT2D eigenvalue weighted by molar-refractivity contribution is 0.0938. The Bertz CT molecular complexity index is 639. The van der Waals surface area contributed by atoms with Crippen molar-refractivity contribution in [2.45, 2.75) is 19.9 Å². The molecule has 4 nitrogen and oxygen atoms in total. The fraction of sp³-hybridized carbons (Fsp3) is 0.421. The maximum atomic E-state index is 12.7. The number of methoxy groups -OCH3 is 1. The summed E-state index contributed by atoms with van der Waals surface area (Å²) < 4.78 is 11.1. The summed E-state index contributed by atoms with van der Waals surface area (Å²) in [4.78, 5) is 14.8. The third kappa shape index (κ3) is 4.57. The number of carbonyl (C=O) groups excluding carboxylic acids is 1. The minimum absolute atomic E-state index is 0.0715. The average molecular weight is 347 g/mol. The minimum Gasteiger partial charge on any atom is -0.493 e. The molecule has 1 aromatic rings. The van der Waals surface area contributed by atoms with Gasteiger partial charge in [-0.3, -0.25) is 4.79 Å². The quantitative estimate of drug-likeness (QED) is 0.528. The van der Waals surface area contributed by atoms with Crippen molar-refractivity contribution in [3.63, 3.8) is 0 Å². The Kier molecular flexibility index (Phi) is 6.79. The molecule has 1 unspecified atom stereocenters. The highest BCUT2D eigenvalue weighted by atomic mass is 32.2. The van der Waals surface area contributed by atoms with Crippen molar-refractivity contribution in [2.75, 3.05) is 32.3 Å². The first kappa shape index (κ1) is 18.5. The van der Waals surface area contributed by atoms with Crippen LogP contribution >= 0.6 is 11.8 Å². The summed E-state index contributed by atoms with van der Waals surface area (Å²) >= 11 is 1.72. The average Bonchev–Trinajstić information content (AvgIpc) is 2.58. The van der Waals surface area contributed by atoms with Crippen LogP contribution in [0.4, 0.5) is 0 Å². The van der Waals surface area contributed by atoms with Crippen molar-refractivity contribution < 1.29 is 14.3 Å². The van der Waals surface area contributed by atoms with E-state index in [4.69, 9.17) is 9.47 Å². The molecule has 1 aliphatic heterocycles. The van der Waals surface area contributed by atoms with E-state index in [0.29, 0.717) is 30.2 Å². The molecular formula is C19H25NO3S. The van der Waals surface area contributed by atoms with Gasteiger partial charge in [-0.15, -0.1) is 0 Å². The van der Waals surface area contributed by atoms with E-state index in [1.807, 2.05) is 25.3 Å². The Morgan fingerprint density at radius 2 is 2.12 bits per heavy atom. The highest BCUT2D eigenvalue weighted by molar-refractivity contribution is 7.98. The molecular weight excluding hydrogens is 322 g/mol. The normalized spacial score (nSPS) is 16.8. The lowest BCUT2D eigenvalue weighted by Crippen LogP contribution is -2.36. The molecule has 0 fully saturated rings. The zero-order chi connectivity index (χ0) is 17.5. The Hall–Kier alpha value is -1.88. The largest absolute Gasteiger partial charge is 0.493 e. The van der Waals surface area contributed by atoms with Gasteiger partial charge >= 0.3 is 0 Å². The molecule has 130 valence electrons. The van der Waals surface area contributed by atoms with Crippen LogP contribution in [0.3, 0.4) is 0 Å². The van der Waals surface area contributed by atoms with Crippen molar-refractivity contribution >= 4 is 17.5 Å². The second-order valence-electron chi connectivity index (χ2n) is 5.69. The first-order valence-corrected chi connectivity index (χ1v) is 9.41. The van der Waals surface area contributed by atoms with E-state index in [9.17, 15) is 4.79 Å². The molecule has 0 N–H and O–H groups in total. The summed E-state index contributed by atoms with van der Waals surface area (Å²) in [5, 5.41) is 0. The van der Waals surface area contributed by atoms with E-state index in [1.165, 1.54) is 0 Å². The van der Waals surface area contributed by atoms with Crippen molar-refractivity contribution in [3.8, 4) is 11.5 Å². The third-order valence-electron chi connectivity index (χ3n) is 4.02. The molecule has 0 spiro atoms.